The molecule has 0 aliphatic rings. The van der Waals surface area contributed by atoms with Crippen LogP contribution in [0.3, 0.4) is 0 Å². The van der Waals surface area contributed by atoms with Gasteiger partial charge in [-0.1, -0.05) is 48.0 Å². The molecular weight excluding hydrogens is 280 g/mol. The van der Waals surface area contributed by atoms with Crippen LogP contribution in [0, 0.1) is 6.92 Å². The summed E-state index contributed by atoms with van der Waals surface area (Å²) in [6.45, 7) is 4.11. The monoisotopic (exact) mass is 296 g/mol. The van der Waals surface area contributed by atoms with Gasteiger partial charge >= 0.3 is 0 Å². The van der Waals surface area contributed by atoms with E-state index in [0.29, 0.717) is 5.15 Å². The number of halogens is 1. The van der Waals surface area contributed by atoms with Crippen molar-refractivity contribution in [2.45, 2.75) is 19.9 Å². The highest BCUT2D eigenvalue weighted by Crippen LogP contribution is 2.25. The molecule has 0 saturated heterocycles. The van der Waals surface area contributed by atoms with Gasteiger partial charge in [-0.3, -0.25) is 0 Å². The summed E-state index contributed by atoms with van der Waals surface area (Å²) >= 11 is 5.90. The molecule has 0 saturated carbocycles. The minimum atomic E-state index is 0.205. The van der Waals surface area contributed by atoms with E-state index in [1.807, 2.05) is 19.1 Å². The van der Waals surface area contributed by atoms with Gasteiger partial charge in [-0.05, 0) is 48.4 Å². The third kappa shape index (κ3) is 3.01. The summed E-state index contributed by atoms with van der Waals surface area (Å²) < 4.78 is 0. The van der Waals surface area contributed by atoms with Gasteiger partial charge in [0.1, 0.15) is 5.15 Å². The Morgan fingerprint density at radius 3 is 2.52 bits per heavy atom. The van der Waals surface area contributed by atoms with E-state index in [9.17, 15) is 0 Å². The van der Waals surface area contributed by atoms with Gasteiger partial charge in [0.25, 0.3) is 0 Å². The number of hydrogen-bond donors (Lipinski definition) is 1. The van der Waals surface area contributed by atoms with Crippen LogP contribution in [-0.2, 0) is 0 Å². The zero-order chi connectivity index (χ0) is 14.8. The lowest BCUT2D eigenvalue weighted by Crippen LogP contribution is -2.08. The van der Waals surface area contributed by atoms with Crippen LogP contribution in [0.2, 0.25) is 5.15 Å². The van der Waals surface area contributed by atoms with E-state index in [0.717, 1.165) is 11.4 Å². The standard InChI is InChI=1S/C18H17ClN2/c1-12(20-17-9-10-18(19)21-13(17)2)15-8-7-14-5-3-4-6-16(14)11-15/h3-12,20H,1-2H3. The molecule has 3 heteroatoms. The summed E-state index contributed by atoms with van der Waals surface area (Å²) in [5.41, 5.74) is 3.18. The quantitative estimate of drug-likeness (QED) is 0.657. The summed E-state index contributed by atoms with van der Waals surface area (Å²) in [7, 11) is 0. The van der Waals surface area contributed by atoms with E-state index in [2.05, 4.69) is 59.7 Å². The van der Waals surface area contributed by atoms with Crippen LogP contribution >= 0.6 is 11.6 Å². The van der Waals surface area contributed by atoms with Gasteiger partial charge in [-0.25, -0.2) is 4.98 Å². The zero-order valence-electron chi connectivity index (χ0n) is 12.1. The highest BCUT2D eigenvalue weighted by Gasteiger charge is 2.08. The SMILES string of the molecule is Cc1nc(Cl)ccc1NC(C)c1ccc2ccccc2c1. The Bertz CT molecular complexity index is 783. The third-order valence-corrected chi connectivity index (χ3v) is 3.91. The highest BCUT2D eigenvalue weighted by molar-refractivity contribution is 6.29. The number of rotatable bonds is 3. The first-order valence-electron chi connectivity index (χ1n) is 7.02. The van der Waals surface area contributed by atoms with Crippen LogP contribution in [0.25, 0.3) is 10.8 Å². The predicted octanol–water partition coefficient (Wildman–Crippen LogP) is 5.37. The molecule has 0 bridgehead atoms. The number of hydrogen-bond acceptors (Lipinski definition) is 2. The molecule has 0 aliphatic carbocycles. The first-order valence-corrected chi connectivity index (χ1v) is 7.39. The molecule has 106 valence electrons. The molecule has 1 unspecified atom stereocenters. The second kappa shape index (κ2) is 5.74. The Kier molecular flexibility index (Phi) is 3.80. The first kappa shape index (κ1) is 13.9. The second-order valence-corrected chi connectivity index (χ2v) is 5.63. The Morgan fingerprint density at radius 2 is 1.76 bits per heavy atom. The maximum Gasteiger partial charge on any atom is 0.129 e. The van der Waals surface area contributed by atoms with Crippen LogP contribution in [0.4, 0.5) is 5.69 Å². The van der Waals surface area contributed by atoms with Gasteiger partial charge in [-0.2, -0.15) is 0 Å². The number of aromatic nitrogens is 1. The van der Waals surface area contributed by atoms with Crippen molar-refractivity contribution in [3.63, 3.8) is 0 Å². The van der Waals surface area contributed by atoms with Gasteiger partial charge in [0.2, 0.25) is 0 Å². The van der Waals surface area contributed by atoms with Gasteiger partial charge in [0, 0.05) is 6.04 Å². The second-order valence-electron chi connectivity index (χ2n) is 5.24. The van der Waals surface area contributed by atoms with E-state index in [4.69, 9.17) is 11.6 Å². The molecule has 1 N–H and O–H groups in total. The zero-order valence-corrected chi connectivity index (χ0v) is 12.9. The van der Waals surface area contributed by atoms with Crippen molar-refractivity contribution >= 4 is 28.1 Å². The minimum Gasteiger partial charge on any atom is -0.377 e. The average Bonchev–Trinajstić information content (AvgIpc) is 2.49. The van der Waals surface area contributed by atoms with Crippen molar-refractivity contribution in [3.8, 4) is 0 Å². The fourth-order valence-corrected chi connectivity index (χ4v) is 2.67. The molecule has 21 heavy (non-hydrogen) atoms. The lowest BCUT2D eigenvalue weighted by Gasteiger charge is -2.17. The third-order valence-electron chi connectivity index (χ3n) is 3.70. The normalized spacial score (nSPS) is 12.3. The summed E-state index contributed by atoms with van der Waals surface area (Å²) in [5.74, 6) is 0. The van der Waals surface area contributed by atoms with E-state index in [1.165, 1.54) is 16.3 Å². The maximum atomic E-state index is 5.90. The molecule has 3 rings (SSSR count). The van der Waals surface area contributed by atoms with Gasteiger partial charge in [0.15, 0.2) is 0 Å². The summed E-state index contributed by atoms with van der Waals surface area (Å²) in [4.78, 5) is 4.27. The topological polar surface area (TPSA) is 24.9 Å². The molecule has 0 amide bonds. The molecule has 0 aliphatic heterocycles. The van der Waals surface area contributed by atoms with Crippen molar-refractivity contribution in [1.82, 2.24) is 4.98 Å². The van der Waals surface area contributed by atoms with Crippen LogP contribution in [0.5, 0.6) is 0 Å². The minimum absolute atomic E-state index is 0.205. The number of fused-ring (bicyclic) bond motifs is 1. The van der Waals surface area contributed by atoms with E-state index >= 15 is 0 Å². The summed E-state index contributed by atoms with van der Waals surface area (Å²) in [6.07, 6.45) is 0. The highest BCUT2D eigenvalue weighted by atomic mass is 35.5. The Balaban J connectivity index is 1.87. The Morgan fingerprint density at radius 1 is 1.00 bits per heavy atom. The number of nitrogens with one attached hydrogen (secondary N) is 1. The summed E-state index contributed by atoms with van der Waals surface area (Å²) in [5, 5.41) is 6.54. The van der Waals surface area contributed by atoms with Crippen LogP contribution < -0.4 is 5.32 Å². The van der Waals surface area contributed by atoms with Gasteiger partial charge in [0.05, 0.1) is 11.4 Å². The van der Waals surface area contributed by atoms with Crippen LogP contribution in [0.1, 0.15) is 24.2 Å². The number of nitrogens with zero attached hydrogens (tertiary/aromatic N) is 1. The molecule has 2 nitrogen and oxygen atoms in total. The fraction of sp³-hybridized carbons (Fsp3) is 0.167. The Hall–Kier alpha value is -2.06. The molecule has 1 atom stereocenters. The van der Waals surface area contributed by atoms with E-state index in [1.54, 1.807) is 0 Å². The Labute approximate surface area is 129 Å². The first-order chi connectivity index (χ1) is 10.1. The fourth-order valence-electron chi connectivity index (χ4n) is 2.48. The molecule has 1 heterocycles. The summed E-state index contributed by atoms with van der Waals surface area (Å²) in [6, 6.07) is 18.9. The van der Waals surface area contributed by atoms with Crippen molar-refractivity contribution in [3.05, 3.63) is 71.0 Å². The molecule has 0 radical (unpaired) electrons. The van der Waals surface area contributed by atoms with Crippen molar-refractivity contribution < 1.29 is 0 Å². The average molecular weight is 297 g/mol. The smallest absolute Gasteiger partial charge is 0.129 e. The molecular formula is C18H17ClN2. The van der Waals surface area contributed by atoms with Gasteiger partial charge < -0.3 is 5.32 Å². The molecule has 2 aromatic carbocycles. The van der Waals surface area contributed by atoms with Crippen LogP contribution in [0.15, 0.2) is 54.6 Å². The van der Waals surface area contributed by atoms with Gasteiger partial charge in [-0.15, -0.1) is 0 Å². The number of aryl methyl sites for hydroxylation is 1. The lowest BCUT2D eigenvalue weighted by atomic mass is 10.0. The van der Waals surface area contributed by atoms with Crippen molar-refractivity contribution in [2.24, 2.45) is 0 Å². The number of pyridine rings is 1. The lowest BCUT2D eigenvalue weighted by molar-refractivity contribution is 0.881. The molecule has 0 fully saturated rings. The molecule has 0 spiro atoms. The van der Waals surface area contributed by atoms with Crippen molar-refractivity contribution in [1.29, 1.82) is 0 Å². The largest absolute Gasteiger partial charge is 0.377 e. The van der Waals surface area contributed by atoms with Crippen molar-refractivity contribution in [2.75, 3.05) is 5.32 Å². The molecule has 3 aromatic rings. The number of benzene rings is 2. The predicted molar refractivity (Wildman–Crippen MR) is 90.0 cm³/mol. The van der Waals surface area contributed by atoms with E-state index < -0.39 is 0 Å². The van der Waals surface area contributed by atoms with E-state index in [-0.39, 0.29) is 6.04 Å². The number of anilines is 1. The maximum absolute atomic E-state index is 5.90. The molecule has 1 aromatic heterocycles. The van der Waals surface area contributed by atoms with Crippen LogP contribution in [-0.4, -0.2) is 4.98 Å².